The number of hydrogen-bond donors (Lipinski definition) is 3. The van der Waals surface area contributed by atoms with Crippen LogP contribution in [0.5, 0.6) is 0 Å². The van der Waals surface area contributed by atoms with Crippen LogP contribution in [0.3, 0.4) is 0 Å². The predicted octanol–water partition coefficient (Wildman–Crippen LogP) is 1.85. The lowest BCUT2D eigenvalue weighted by molar-refractivity contribution is -0.726. The number of pyridine rings is 1. The summed E-state index contributed by atoms with van der Waals surface area (Å²) in [6.45, 7) is 2.55. The fourth-order valence-corrected chi connectivity index (χ4v) is 3.08. The first kappa shape index (κ1) is 17.9. The van der Waals surface area contributed by atoms with Gasteiger partial charge in [-0.25, -0.2) is 15.0 Å². The number of aryl methyl sites for hydroxylation is 1. The summed E-state index contributed by atoms with van der Waals surface area (Å²) in [7, 11) is 3.59. The summed E-state index contributed by atoms with van der Waals surface area (Å²) in [5.74, 6) is 0.913. The maximum absolute atomic E-state index is 6.06. The Bertz CT molecular complexity index is 1120. The van der Waals surface area contributed by atoms with Gasteiger partial charge in [-0.2, -0.15) is 5.10 Å². The number of methoxy groups -OCH3 is 1. The van der Waals surface area contributed by atoms with E-state index >= 15 is 0 Å². The van der Waals surface area contributed by atoms with Gasteiger partial charge in [0.2, 0.25) is 6.20 Å². The molecule has 9 heteroatoms. The number of nitrogens with one attached hydrogen (secondary N) is 2. The molecule has 1 atom stereocenters. The van der Waals surface area contributed by atoms with Crippen molar-refractivity contribution in [2.75, 3.05) is 18.2 Å². The van der Waals surface area contributed by atoms with E-state index in [0.717, 1.165) is 28.2 Å². The minimum Gasteiger partial charge on any atom is -0.381 e. The Morgan fingerprint density at radius 2 is 2.18 bits per heavy atom. The molecular weight excluding hydrogens is 356 g/mol. The second-order valence-electron chi connectivity index (χ2n) is 6.70. The number of anilines is 2. The Morgan fingerprint density at radius 3 is 2.93 bits per heavy atom. The lowest BCUT2D eigenvalue weighted by Crippen LogP contribution is -2.27. The van der Waals surface area contributed by atoms with Crippen LogP contribution in [-0.2, 0) is 18.4 Å². The molecule has 4 rings (SSSR count). The van der Waals surface area contributed by atoms with Crippen molar-refractivity contribution in [3.05, 3.63) is 54.4 Å². The molecule has 9 nitrogen and oxygen atoms in total. The van der Waals surface area contributed by atoms with Gasteiger partial charge in [0.05, 0.1) is 48.2 Å². The summed E-state index contributed by atoms with van der Waals surface area (Å²) in [5.41, 5.74) is 10.7. The topological polar surface area (TPSA) is 110 Å². The minimum atomic E-state index is -0.0311. The molecule has 144 valence electrons. The molecule has 1 unspecified atom stereocenters. The SMILES string of the molecule is COCc1cnc2ccc(C(C)Nc3nc(-c4c[nH][n+](C)c4)cnc3N)cn12. The van der Waals surface area contributed by atoms with Crippen LogP contribution >= 0.6 is 0 Å². The third-order valence-corrected chi connectivity index (χ3v) is 4.60. The number of nitrogens with zero attached hydrogens (tertiary/aromatic N) is 5. The van der Waals surface area contributed by atoms with E-state index in [-0.39, 0.29) is 6.04 Å². The smallest absolute Gasteiger partial charge is 0.204 e. The first-order chi connectivity index (χ1) is 13.5. The lowest BCUT2D eigenvalue weighted by Gasteiger charge is -2.17. The molecule has 0 aliphatic carbocycles. The van der Waals surface area contributed by atoms with Crippen molar-refractivity contribution in [3.8, 4) is 11.3 Å². The zero-order chi connectivity index (χ0) is 19.7. The van der Waals surface area contributed by atoms with Crippen molar-refractivity contribution in [1.82, 2.24) is 24.5 Å². The second kappa shape index (κ2) is 7.28. The number of aromatic amines is 1. The van der Waals surface area contributed by atoms with Crippen molar-refractivity contribution in [1.29, 1.82) is 0 Å². The fourth-order valence-electron chi connectivity index (χ4n) is 3.08. The molecule has 4 N–H and O–H groups in total. The van der Waals surface area contributed by atoms with Crippen LogP contribution in [-0.4, -0.2) is 31.6 Å². The van der Waals surface area contributed by atoms with Crippen molar-refractivity contribution in [2.45, 2.75) is 19.6 Å². The van der Waals surface area contributed by atoms with Crippen LogP contribution in [0.2, 0.25) is 0 Å². The van der Waals surface area contributed by atoms with Crippen LogP contribution in [0.1, 0.15) is 24.2 Å². The number of nitrogens with two attached hydrogens (primary N) is 1. The van der Waals surface area contributed by atoms with E-state index in [4.69, 9.17) is 10.5 Å². The van der Waals surface area contributed by atoms with Gasteiger partial charge in [-0.15, -0.1) is 4.68 Å². The summed E-state index contributed by atoms with van der Waals surface area (Å²) in [6.07, 6.45) is 9.36. The summed E-state index contributed by atoms with van der Waals surface area (Å²) in [6, 6.07) is 3.99. The van der Waals surface area contributed by atoms with Gasteiger partial charge in [-0.1, -0.05) is 6.07 Å². The molecular formula is C19H23N8O+. The normalized spacial score (nSPS) is 12.4. The highest BCUT2D eigenvalue weighted by atomic mass is 16.5. The maximum Gasteiger partial charge on any atom is 0.204 e. The van der Waals surface area contributed by atoms with Crippen molar-refractivity contribution < 1.29 is 9.42 Å². The number of imidazole rings is 1. The molecule has 0 bridgehead atoms. The number of hydrogen-bond acceptors (Lipinski definition) is 6. The van der Waals surface area contributed by atoms with E-state index in [1.807, 2.05) is 53.1 Å². The molecule has 0 radical (unpaired) electrons. The Hall–Kier alpha value is -3.46. The largest absolute Gasteiger partial charge is 0.381 e. The molecule has 4 aromatic rings. The van der Waals surface area contributed by atoms with Gasteiger partial charge in [0, 0.05) is 13.3 Å². The van der Waals surface area contributed by atoms with Crippen molar-refractivity contribution in [2.24, 2.45) is 7.05 Å². The average Bonchev–Trinajstić information content (AvgIpc) is 3.30. The van der Waals surface area contributed by atoms with E-state index in [9.17, 15) is 0 Å². The molecule has 0 amide bonds. The van der Waals surface area contributed by atoms with Gasteiger partial charge >= 0.3 is 0 Å². The van der Waals surface area contributed by atoms with Gasteiger partial charge in [-0.3, -0.25) is 0 Å². The molecule has 0 aliphatic heterocycles. The Morgan fingerprint density at radius 1 is 1.32 bits per heavy atom. The van der Waals surface area contributed by atoms with Crippen LogP contribution < -0.4 is 15.7 Å². The Balaban J connectivity index is 1.62. The highest BCUT2D eigenvalue weighted by Gasteiger charge is 2.14. The number of H-pyrrole nitrogens is 1. The van der Waals surface area contributed by atoms with Crippen LogP contribution in [0.25, 0.3) is 16.9 Å². The molecule has 0 aliphatic rings. The quantitative estimate of drug-likeness (QED) is 0.441. The van der Waals surface area contributed by atoms with Gasteiger partial charge in [0.1, 0.15) is 5.65 Å². The van der Waals surface area contributed by atoms with Crippen molar-refractivity contribution >= 4 is 17.3 Å². The summed E-state index contributed by atoms with van der Waals surface area (Å²) >= 11 is 0. The van der Waals surface area contributed by atoms with E-state index in [0.29, 0.717) is 18.2 Å². The Labute approximate surface area is 162 Å². The first-order valence-corrected chi connectivity index (χ1v) is 8.93. The molecule has 4 heterocycles. The third-order valence-electron chi connectivity index (χ3n) is 4.60. The Kier molecular flexibility index (Phi) is 4.66. The van der Waals surface area contributed by atoms with E-state index < -0.39 is 0 Å². The molecule has 0 fully saturated rings. The summed E-state index contributed by atoms with van der Waals surface area (Å²) in [5, 5.41) is 6.45. The summed E-state index contributed by atoms with van der Waals surface area (Å²) in [4.78, 5) is 13.3. The average molecular weight is 379 g/mol. The van der Waals surface area contributed by atoms with E-state index in [1.54, 1.807) is 13.3 Å². The number of rotatable bonds is 6. The second-order valence-corrected chi connectivity index (χ2v) is 6.70. The van der Waals surface area contributed by atoms with Crippen LogP contribution in [0, 0.1) is 0 Å². The minimum absolute atomic E-state index is 0.0311. The fraction of sp³-hybridized carbons (Fsp3) is 0.263. The number of ether oxygens (including phenoxy) is 1. The number of nitrogen functional groups attached to an aromatic ring is 1. The predicted molar refractivity (Wildman–Crippen MR) is 105 cm³/mol. The zero-order valence-corrected chi connectivity index (χ0v) is 16.0. The zero-order valence-electron chi connectivity index (χ0n) is 16.0. The number of aromatic nitrogens is 6. The molecule has 0 aromatic carbocycles. The number of fused-ring (bicyclic) bond motifs is 1. The standard InChI is InChI=1S/C19H22N8O/c1-12(13-4-5-17-21-7-15(11-28-3)27(17)10-13)24-19-18(20)22-8-16(25-19)14-6-23-26(2)9-14/h4-10,12H,11H2,1-3H3,(H3,20,22,24,25)/p+1. The third kappa shape index (κ3) is 3.39. The monoisotopic (exact) mass is 379 g/mol. The highest BCUT2D eigenvalue weighted by Crippen LogP contribution is 2.24. The molecule has 0 spiro atoms. The molecule has 0 saturated heterocycles. The lowest BCUT2D eigenvalue weighted by atomic mass is 10.1. The molecule has 0 saturated carbocycles. The van der Waals surface area contributed by atoms with E-state index in [1.165, 1.54) is 0 Å². The molecule has 4 aromatic heterocycles. The maximum atomic E-state index is 6.06. The molecule has 28 heavy (non-hydrogen) atoms. The van der Waals surface area contributed by atoms with Crippen LogP contribution in [0.15, 0.2) is 43.1 Å². The van der Waals surface area contributed by atoms with Gasteiger partial charge in [-0.05, 0) is 18.6 Å². The van der Waals surface area contributed by atoms with Gasteiger partial charge in [0.15, 0.2) is 18.7 Å². The van der Waals surface area contributed by atoms with E-state index in [2.05, 4.69) is 32.3 Å². The van der Waals surface area contributed by atoms with Crippen molar-refractivity contribution in [3.63, 3.8) is 0 Å². The van der Waals surface area contributed by atoms with Crippen LogP contribution in [0.4, 0.5) is 11.6 Å². The van der Waals surface area contributed by atoms with Gasteiger partial charge < -0.3 is 20.2 Å². The first-order valence-electron chi connectivity index (χ1n) is 8.93. The summed E-state index contributed by atoms with van der Waals surface area (Å²) < 4.78 is 9.13. The van der Waals surface area contributed by atoms with Gasteiger partial charge in [0.25, 0.3) is 0 Å². The highest BCUT2D eigenvalue weighted by molar-refractivity contribution is 5.64.